The van der Waals surface area contributed by atoms with Crippen molar-refractivity contribution >= 4 is 46.8 Å². The Labute approximate surface area is 161 Å². The maximum Gasteiger partial charge on any atom is 0.250 e. The fourth-order valence-electron chi connectivity index (χ4n) is 2.83. The quantitative estimate of drug-likeness (QED) is 0.776. The summed E-state index contributed by atoms with van der Waals surface area (Å²) in [5.74, 6) is -0.884. The lowest BCUT2D eigenvalue weighted by molar-refractivity contribution is -0.117. The Morgan fingerprint density at radius 1 is 1.15 bits per heavy atom. The molecule has 3 amide bonds. The van der Waals surface area contributed by atoms with E-state index in [0.29, 0.717) is 12.1 Å². The predicted octanol–water partition coefficient (Wildman–Crippen LogP) is 3.22. The van der Waals surface area contributed by atoms with E-state index in [-0.39, 0.29) is 22.4 Å². The molecule has 6 nitrogen and oxygen atoms in total. The van der Waals surface area contributed by atoms with E-state index in [2.05, 4.69) is 5.32 Å². The van der Waals surface area contributed by atoms with Crippen LogP contribution in [0.15, 0.2) is 48.5 Å². The highest BCUT2D eigenvalue weighted by Gasteiger charge is 2.21. The third kappa shape index (κ3) is 4.54. The Bertz CT molecular complexity index is 923. The number of benzene rings is 2. The monoisotopic (exact) mass is 383 g/mol. The molecular weight excluding hydrogens is 366 g/mol. The first-order valence-corrected chi connectivity index (χ1v) is 8.81. The molecule has 2 aromatic carbocycles. The topological polar surface area (TPSA) is 92.5 Å². The van der Waals surface area contributed by atoms with Gasteiger partial charge in [-0.2, -0.15) is 0 Å². The van der Waals surface area contributed by atoms with Crippen LogP contribution in [0.1, 0.15) is 28.8 Å². The summed E-state index contributed by atoms with van der Waals surface area (Å²) < 4.78 is 0. The highest BCUT2D eigenvalue weighted by Crippen LogP contribution is 2.22. The smallest absolute Gasteiger partial charge is 0.250 e. The van der Waals surface area contributed by atoms with Gasteiger partial charge in [0.15, 0.2) is 0 Å². The van der Waals surface area contributed by atoms with Gasteiger partial charge in [0.1, 0.15) is 0 Å². The second-order valence-corrected chi connectivity index (χ2v) is 6.53. The zero-order valence-electron chi connectivity index (χ0n) is 14.4. The van der Waals surface area contributed by atoms with E-state index in [4.69, 9.17) is 17.3 Å². The maximum atomic E-state index is 12.1. The van der Waals surface area contributed by atoms with Crippen LogP contribution in [-0.2, 0) is 9.59 Å². The molecule has 3 N–H and O–H groups in total. The molecule has 0 bridgehead atoms. The Morgan fingerprint density at radius 2 is 1.89 bits per heavy atom. The minimum atomic E-state index is -0.664. The van der Waals surface area contributed by atoms with Gasteiger partial charge < -0.3 is 16.0 Å². The van der Waals surface area contributed by atoms with Crippen molar-refractivity contribution in [2.24, 2.45) is 5.73 Å². The third-order valence-corrected chi connectivity index (χ3v) is 4.53. The van der Waals surface area contributed by atoms with Crippen LogP contribution in [0, 0.1) is 0 Å². The van der Waals surface area contributed by atoms with Crippen LogP contribution in [0.4, 0.5) is 11.4 Å². The summed E-state index contributed by atoms with van der Waals surface area (Å²) in [5.41, 5.74) is 7.49. The van der Waals surface area contributed by atoms with E-state index in [9.17, 15) is 14.4 Å². The summed E-state index contributed by atoms with van der Waals surface area (Å²) in [5, 5.41) is 2.88. The van der Waals surface area contributed by atoms with Gasteiger partial charge in [-0.15, -0.1) is 0 Å². The van der Waals surface area contributed by atoms with Crippen molar-refractivity contribution in [1.82, 2.24) is 0 Å². The molecule has 3 rings (SSSR count). The number of anilines is 2. The van der Waals surface area contributed by atoms with Crippen molar-refractivity contribution in [2.45, 2.75) is 12.8 Å². The number of rotatable bonds is 5. The van der Waals surface area contributed by atoms with E-state index in [1.807, 2.05) is 24.3 Å². The second-order valence-electron chi connectivity index (χ2n) is 6.12. The van der Waals surface area contributed by atoms with Crippen LogP contribution in [0.5, 0.6) is 0 Å². The molecule has 1 aliphatic rings. The Hall–Kier alpha value is -3.12. The number of amides is 3. The summed E-state index contributed by atoms with van der Waals surface area (Å²) in [6.07, 6.45) is 4.51. The summed E-state index contributed by atoms with van der Waals surface area (Å²) in [6, 6.07) is 11.9. The van der Waals surface area contributed by atoms with E-state index in [1.165, 1.54) is 18.2 Å². The summed E-state index contributed by atoms with van der Waals surface area (Å²) >= 11 is 5.89. The van der Waals surface area contributed by atoms with Crippen LogP contribution >= 0.6 is 11.6 Å². The van der Waals surface area contributed by atoms with E-state index < -0.39 is 5.91 Å². The third-order valence-electron chi connectivity index (χ3n) is 4.20. The van der Waals surface area contributed by atoms with Gasteiger partial charge in [0.25, 0.3) is 0 Å². The number of primary amides is 1. The molecule has 0 spiro atoms. The molecule has 0 radical (unpaired) electrons. The van der Waals surface area contributed by atoms with Crippen LogP contribution in [0.2, 0.25) is 5.02 Å². The zero-order chi connectivity index (χ0) is 19.4. The second kappa shape index (κ2) is 8.05. The number of halogens is 1. The van der Waals surface area contributed by atoms with Gasteiger partial charge in [0.05, 0.1) is 10.6 Å². The molecule has 138 valence electrons. The molecule has 0 aliphatic carbocycles. The fourth-order valence-corrected chi connectivity index (χ4v) is 3.04. The maximum absolute atomic E-state index is 12.1. The van der Waals surface area contributed by atoms with Gasteiger partial charge in [0, 0.05) is 30.4 Å². The van der Waals surface area contributed by atoms with Gasteiger partial charge in [-0.1, -0.05) is 23.7 Å². The Kier molecular flexibility index (Phi) is 5.57. The minimum Gasteiger partial charge on any atom is -0.366 e. The average Bonchev–Trinajstić information content (AvgIpc) is 3.08. The standard InChI is InChI=1S/C20H18ClN3O3/c21-17-9-6-14(12-16(17)20(22)27)23-18(25)10-5-13-3-7-15(8-4-13)24-11-1-2-19(24)26/h3-10,12H,1-2,11H2,(H2,22,27)(H,23,25)/b10-5+. The van der Waals surface area contributed by atoms with Gasteiger partial charge in [-0.05, 0) is 48.4 Å². The molecule has 2 aromatic rings. The molecule has 1 fully saturated rings. The van der Waals surface area contributed by atoms with Crippen molar-refractivity contribution in [1.29, 1.82) is 0 Å². The molecule has 0 saturated carbocycles. The predicted molar refractivity (Wildman–Crippen MR) is 106 cm³/mol. The Balaban J connectivity index is 1.64. The number of carbonyl (C=O) groups excluding carboxylic acids is 3. The molecule has 1 aliphatic heterocycles. The van der Waals surface area contributed by atoms with Crippen molar-refractivity contribution < 1.29 is 14.4 Å². The lowest BCUT2D eigenvalue weighted by Crippen LogP contribution is -2.23. The van der Waals surface area contributed by atoms with Crippen molar-refractivity contribution in [3.8, 4) is 0 Å². The first-order valence-electron chi connectivity index (χ1n) is 8.43. The molecule has 1 saturated heterocycles. The van der Waals surface area contributed by atoms with Gasteiger partial charge in [0.2, 0.25) is 17.7 Å². The summed E-state index contributed by atoms with van der Waals surface area (Å²) in [7, 11) is 0. The number of nitrogens with two attached hydrogens (primary N) is 1. The molecule has 0 unspecified atom stereocenters. The van der Waals surface area contributed by atoms with Crippen LogP contribution in [-0.4, -0.2) is 24.3 Å². The van der Waals surface area contributed by atoms with E-state index in [1.54, 1.807) is 17.0 Å². The number of nitrogens with zero attached hydrogens (tertiary/aromatic N) is 1. The molecule has 1 heterocycles. The Morgan fingerprint density at radius 3 is 2.52 bits per heavy atom. The van der Waals surface area contributed by atoms with Crippen molar-refractivity contribution in [3.05, 3.63) is 64.7 Å². The van der Waals surface area contributed by atoms with Crippen LogP contribution < -0.4 is 16.0 Å². The number of hydrogen-bond donors (Lipinski definition) is 2. The minimum absolute atomic E-state index is 0.135. The molecular formula is C20H18ClN3O3. The van der Waals surface area contributed by atoms with Gasteiger partial charge in [-0.25, -0.2) is 0 Å². The number of nitrogens with one attached hydrogen (secondary N) is 1. The van der Waals surface area contributed by atoms with E-state index >= 15 is 0 Å². The molecule has 0 aromatic heterocycles. The van der Waals surface area contributed by atoms with E-state index in [0.717, 1.165) is 24.2 Å². The highest BCUT2D eigenvalue weighted by molar-refractivity contribution is 6.34. The largest absolute Gasteiger partial charge is 0.366 e. The van der Waals surface area contributed by atoms with Crippen LogP contribution in [0.25, 0.3) is 6.08 Å². The van der Waals surface area contributed by atoms with Gasteiger partial charge in [-0.3, -0.25) is 14.4 Å². The highest BCUT2D eigenvalue weighted by atomic mass is 35.5. The lowest BCUT2D eigenvalue weighted by Gasteiger charge is -2.15. The first-order chi connectivity index (χ1) is 12.9. The average molecular weight is 384 g/mol. The number of hydrogen-bond acceptors (Lipinski definition) is 3. The number of carbonyl (C=O) groups is 3. The van der Waals surface area contributed by atoms with Gasteiger partial charge >= 0.3 is 0 Å². The van der Waals surface area contributed by atoms with Crippen molar-refractivity contribution in [3.63, 3.8) is 0 Å². The molecule has 7 heteroatoms. The normalized spacial score (nSPS) is 14.0. The lowest BCUT2D eigenvalue weighted by atomic mass is 10.1. The SMILES string of the molecule is NC(=O)c1cc(NC(=O)/C=C/c2ccc(N3CCCC3=O)cc2)ccc1Cl. The molecule has 0 atom stereocenters. The molecule has 27 heavy (non-hydrogen) atoms. The fraction of sp³-hybridized carbons (Fsp3) is 0.150. The summed E-state index contributed by atoms with van der Waals surface area (Å²) in [6.45, 7) is 0.741. The summed E-state index contributed by atoms with van der Waals surface area (Å²) in [4.78, 5) is 36.9. The van der Waals surface area contributed by atoms with Crippen LogP contribution in [0.3, 0.4) is 0 Å². The first kappa shape index (κ1) is 18.7. The van der Waals surface area contributed by atoms with Crippen molar-refractivity contribution in [2.75, 3.05) is 16.8 Å². The zero-order valence-corrected chi connectivity index (χ0v) is 15.2.